The van der Waals surface area contributed by atoms with Gasteiger partial charge in [-0.2, -0.15) is 0 Å². The van der Waals surface area contributed by atoms with Crippen LogP contribution in [-0.2, 0) is 16.7 Å². The van der Waals surface area contributed by atoms with Gasteiger partial charge >= 0.3 is 5.97 Å². The van der Waals surface area contributed by atoms with Crippen LogP contribution in [0.2, 0.25) is 0 Å². The molecule has 0 spiro atoms. The highest BCUT2D eigenvalue weighted by Crippen LogP contribution is 2.30. The molecule has 1 atom stereocenters. The van der Waals surface area contributed by atoms with Gasteiger partial charge in [0.25, 0.3) is 0 Å². The minimum atomic E-state index is -0.225. The lowest BCUT2D eigenvalue weighted by atomic mass is 9.98. The van der Waals surface area contributed by atoms with E-state index in [-0.39, 0.29) is 17.5 Å². The molecule has 1 fully saturated rings. The molecule has 1 aromatic carbocycles. The summed E-state index contributed by atoms with van der Waals surface area (Å²) in [5, 5.41) is 0.981. The maximum absolute atomic E-state index is 12.6. The molecule has 134 valence electrons. The van der Waals surface area contributed by atoms with Crippen molar-refractivity contribution >= 4 is 17.3 Å². The van der Waals surface area contributed by atoms with Gasteiger partial charge in [-0.15, -0.1) is 11.3 Å². The van der Waals surface area contributed by atoms with Crippen LogP contribution in [0, 0.1) is 6.92 Å². The maximum atomic E-state index is 12.6. The summed E-state index contributed by atoms with van der Waals surface area (Å²) in [6, 6.07) is 10.4. The smallest absolute Gasteiger partial charge is 0.350 e. The topological polar surface area (TPSA) is 42.4 Å². The van der Waals surface area contributed by atoms with Crippen LogP contribution in [0.5, 0.6) is 0 Å². The standard InChI is InChI=1S/C20H26N2O2S/c1-14-17(25-19(21-14)20(2,3)4)18(23)24-16-10-11-22(13-16)12-15-8-6-5-7-9-15/h5-9,16H,10-13H2,1-4H3/t16-/m1/s1. The Morgan fingerprint density at radius 3 is 2.68 bits per heavy atom. The molecule has 1 saturated heterocycles. The number of carbonyl (C=O) groups is 1. The number of rotatable bonds is 4. The number of ether oxygens (including phenoxy) is 1. The lowest BCUT2D eigenvalue weighted by molar-refractivity contribution is 0.0325. The van der Waals surface area contributed by atoms with Crippen LogP contribution in [0.1, 0.15) is 53.1 Å². The Bertz CT molecular complexity index is 734. The van der Waals surface area contributed by atoms with E-state index < -0.39 is 0 Å². The highest BCUT2D eigenvalue weighted by atomic mass is 32.1. The predicted octanol–water partition coefficient (Wildman–Crippen LogP) is 4.18. The fourth-order valence-electron chi connectivity index (χ4n) is 2.99. The molecule has 0 radical (unpaired) electrons. The lowest BCUT2D eigenvalue weighted by Crippen LogP contribution is -2.24. The molecule has 0 aliphatic carbocycles. The molecule has 1 aromatic heterocycles. The third-order valence-electron chi connectivity index (χ3n) is 4.38. The molecule has 0 amide bonds. The monoisotopic (exact) mass is 358 g/mol. The first-order valence-electron chi connectivity index (χ1n) is 8.78. The Hall–Kier alpha value is -1.72. The van der Waals surface area contributed by atoms with Gasteiger partial charge in [-0.3, -0.25) is 4.90 Å². The first kappa shape index (κ1) is 18.1. The molecule has 2 aromatic rings. The third kappa shape index (κ3) is 4.47. The van der Waals surface area contributed by atoms with Gasteiger partial charge in [-0.25, -0.2) is 9.78 Å². The van der Waals surface area contributed by atoms with E-state index in [0.717, 1.165) is 36.8 Å². The molecular weight excluding hydrogens is 332 g/mol. The van der Waals surface area contributed by atoms with Crippen LogP contribution in [0.25, 0.3) is 0 Å². The summed E-state index contributed by atoms with van der Waals surface area (Å²) in [7, 11) is 0. The molecule has 0 bridgehead atoms. The van der Waals surface area contributed by atoms with E-state index in [1.54, 1.807) is 0 Å². The number of hydrogen-bond donors (Lipinski definition) is 0. The average molecular weight is 359 g/mol. The van der Waals surface area contributed by atoms with Gasteiger partial charge < -0.3 is 4.74 Å². The number of aromatic nitrogens is 1. The number of esters is 1. The Morgan fingerprint density at radius 2 is 2.04 bits per heavy atom. The fourth-order valence-corrected chi connectivity index (χ4v) is 4.00. The molecule has 1 aliphatic heterocycles. The van der Waals surface area contributed by atoms with Crippen LogP contribution < -0.4 is 0 Å². The van der Waals surface area contributed by atoms with Crippen LogP contribution in [0.4, 0.5) is 0 Å². The van der Waals surface area contributed by atoms with E-state index >= 15 is 0 Å². The van der Waals surface area contributed by atoms with E-state index in [1.165, 1.54) is 16.9 Å². The third-order valence-corrected chi connectivity index (χ3v) is 5.94. The van der Waals surface area contributed by atoms with Crippen molar-refractivity contribution < 1.29 is 9.53 Å². The van der Waals surface area contributed by atoms with Gasteiger partial charge in [0.05, 0.1) is 10.7 Å². The molecule has 5 heteroatoms. The zero-order valence-electron chi connectivity index (χ0n) is 15.4. The number of likely N-dealkylation sites (tertiary alicyclic amines) is 1. The normalized spacial score (nSPS) is 18.5. The van der Waals surface area contributed by atoms with Crippen LogP contribution in [0.3, 0.4) is 0 Å². The number of aryl methyl sites for hydroxylation is 1. The largest absolute Gasteiger partial charge is 0.457 e. The fraction of sp³-hybridized carbons (Fsp3) is 0.500. The van der Waals surface area contributed by atoms with Crippen molar-refractivity contribution in [3.8, 4) is 0 Å². The SMILES string of the molecule is Cc1nc(C(C)(C)C)sc1C(=O)O[C@@H]1CCN(Cc2ccccc2)C1. The van der Waals surface area contributed by atoms with Gasteiger partial charge in [-0.05, 0) is 18.9 Å². The molecule has 2 heterocycles. The predicted molar refractivity (Wildman–Crippen MR) is 101 cm³/mol. The van der Waals surface area contributed by atoms with E-state index in [1.807, 2.05) is 13.0 Å². The second kappa shape index (κ2) is 7.26. The Balaban J connectivity index is 1.58. The van der Waals surface area contributed by atoms with Crippen molar-refractivity contribution in [3.05, 3.63) is 51.5 Å². The van der Waals surface area contributed by atoms with Crippen LogP contribution >= 0.6 is 11.3 Å². The highest BCUT2D eigenvalue weighted by Gasteiger charge is 2.29. The van der Waals surface area contributed by atoms with Crippen molar-refractivity contribution in [1.82, 2.24) is 9.88 Å². The van der Waals surface area contributed by atoms with Gasteiger partial charge in [0.1, 0.15) is 11.0 Å². The van der Waals surface area contributed by atoms with Gasteiger partial charge in [0.2, 0.25) is 0 Å². The first-order chi connectivity index (χ1) is 11.8. The summed E-state index contributed by atoms with van der Waals surface area (Å²) >= 11 is 1.46. The molecule has 3 rings (SSSR count). The van der Waals surface area contributed by atoms with Crippen molar-refractivity contribution in [2.45, 2.75) is 52.2 Å². The summed E-state index contributed by atoms with van der Waals surface area (Å²) in [5.74, 6) is -0.225. The van der Waals surface area contributed by atoms with Gasteiger partial charge in [0, 0.05) is 25.0 Å². The number of hydrogen-bond acceptors (Lipinski definition) is 5. The second-order valence-electron chi connectivity index (χ2n) is 7.72. The lowest BCUT2D eigenvalue weighted by Gasteiger charge is -2.16. The molecule has 0 saturated carbocycles. The van der Waals surface area contributed by atoms with E-state index in [0.29, 0.717) is 4.88 Å². The number of benzene rings is 1. The number of nitrogens with zero attached hydrogens (tertiary/aromatic N) is 2. The van der Waals surface area contributed by atoms with Gasteiger partial charge in [0.15, 0.2) is 0 Å². The van der Waals surface area contributed by atoms with Crippen molar-refractivity contribution in [3.63, 3.8) is 0 Å². The summed E-state index contributed by atoms with van der Waals surface area (Å²) < 4.78 is 5.76. The van der Waals surface area contributed by atoms with E-state index in [2.05, 4.69) is 54.9 Å². The second-order valence-corrected chi connectivity index (χ2v) is 8.72. The Labute approximate surface area is 153 Å². The molecule has 0 N–H and O–H groups in total. The quantitative estimate of drug-likeness (QED) is 0.769. The summed E-state index contributed by atoms with van der Waals surface area (Å²) in [6.45, 7) is 10.9. The minimum absolute atomic E-state index is 0.0317. The maximum Gasteiger partial charge on any atom is 0.350 e. The molecule has 1 aliphatic rings. The summed E-state index contributed by atoms with van der Waals surface area (Å²) in [6.07, 6.45) is 0.860. The number of carbonyl (C=O) groups excluding carboxylic acids is 1. The Morgan fingerprint density at radius 1 is 1.32 bits per heavy atom. The molecule has 25 heavy (non-hydrogen) atoms. The zero-order valence-corrected chi connectivity index (χ0v) is 16.2. The van der Waals surface area contributed by atoms with Crippen molar-refractivity contribution in [2.75, 3.05) is 13.1 Å². The first-order valence-corrected chi connectivity index (χ1v) is 9.60. The molecule has 0 unspecified atom stereocenters. The van der Waals surface area contributed by atoms with E-state index in [4.69, 9.17) is 4.74 Å². The summed E-state index contributed by atoms with van der Waals surface area (Å²) in [4.78, 5) is 20.1. The van der Waals surface area contributed by atoms with Crippen molar-refractivity contribution in [1.29, 1.82) is 0 Å². The minimum Gasteiger partial charge on any atom is -0.457 e. The molecular formula is C20H26N2O2S. The molecule has 4 nitrogen and oxygen atoms in total. The highest BCUT2D eigenvalue weighted by molar-refractivity contribution is 7.13. The van der Waals surface area contributed by atoms with Crippen LogP contribution in [0.15, 0.2) is 30.3 Å². The van der Waals surface area contributed by atoms with Crippen LogP contribution in [-0.4, -0.2) is 35.0 Å². The number of thiazole rings is 1. The zero-order chi connectivity index (χ0) is 18.0. The average Bonchev–Trinajstić information content (AvgIpc) is 3.14. The van der Waals surface area contributed by atoms with E-state index in [9.17, 15) is 4.79 Å². The van der Waals surface area contributed by atoms with Gasteiger partial charge in [-0.1, -0.05) is 51.1 Å². The van der Waals surface area contributed by atoms with Crippen molar-refractivity contribution in [2.24, 2.45) is 0 Å². The Kier molecular flexibility index (Phi) is 5.25. The summed E-state index contributed by atoms with van der Waals surface area (Å²) in [5.41, 5.74) is 2.02.